The van der Waals surface area contributed by atoms with Crippen molar-refractivity contribution >= 4 is 57.0 Å². The standard InChI is InChI=1S/C15H22F3N5O3S2.HI/c1-19-14(21-6-3-13-23-11(8-27-13)15(16,17)18)20-5-2-12(24)22-10-4-7-28(25,26)9-10;/h8,10H,2-7,9H2,1H3,(H,22,24)(H2,19,20,21);1H. The van der Waals surface area contributed by atoms with Crippen LogP contribution in [0.15, 0.2) is 10.4 Å². The van der Waals surface area contributed by atoms with E-state index < -0.39 is 21.7 Å². The van der Waals surface area contributed by atoms with Gasteiger partial charge >= 0.3 is 6.18 Å². The predicted molar refractivity (Wildman–Crippen MR) is 115 cm³/mol. The highest BCUT2D eigenvalue weighted by atomic mass is 127. The van der Waals surface area contributed by atoms with Crippen molar-refractivity contribution in [2.75, 3.05) is 31.6 Å². The van der Waals surface area contributed by atoms with Gasteiger partial charge in [-0.05, 0) is 6.42 Å². The second kappa shape index (κ2) is 11.3. The Hall–Kier alpha value is -1.16. The average molecular weight is 569 g/mol. The minimum atomic E-state index is -4.44. The van der Waals surface area contributed by atoms with E-state index in [1.165, 1.54) is 7.05 Å². The van der Waals surface area contributed by atoms with Gasteiger partial charge in [0.15, 0.2) is 21.5 Å². The molecule has 1 unspecified atom stereocenters. The highest BCUT2D eigenvalue weighted by Gasteiger charge is 2.33. The van der Waals surface area contributed by atoms with E-state index in [9.17, 15) is 26.4 Å². The molecule has 3 N–H and O–H groups in total. The van der Waals surface area contributed by atoms with Crippen LogP contribution in [-0.2, 0) is 27.2 Å². The molecule has 1 aliphatic heterocycles. The third-order valence-corrected chi connectivity index (χ3v) is 6.62. The van der Waals surface area contributed by atoms with E-state index in [2.05, 4.69) is 25.9 Å². The van der Waals surface area contributed by atoms with Gasteiger partial charge in [0.25, 0.3) is 0 Å². The number of sulfone groups is 1. The largest absolute Gasteiger partial charge is 0.434 e. The van der Waals surface area contributed by atoms with Crippen LogP contribution >= 0.6 is 35.3 Å². The Morgan fingerprint density at radius 3 is 2.59 bits per heavy atom. The molecule has 0 saturated carbocycles. The smallest absolute Gasteiger partial charge is 0.356 e. The lowest BCUT2D eigenvalue weighted by atomic mass is 10.2. The van der Waals surface area contributed by atoms with Crippen LogP contribution in [0.1, 0.15) is 23.5 Å². The van der Waals surface area contributed by atoms with Crippen LogP contribution in [0.3, 0.4) is 0 Å². The average Bonchev–Trinajstić information content (AvgIpc) is 3.19. The molecular formula is C15H23F3IN5O3S2. The molecule has 0 radical (unpaired) electrons. The fraction of sp³-hybridized carbons (Fsp3) is 0.667. The predicted octanol–water partition coefficient (Wildman–Crippen LogP) is 1.18. The number of aliphatic imine (C=N–C) groups is 1. The molecule has 2 rings (SSSR count). The maximum absolute atomic E-state index is 12.5. The van der Waals surface area contributed by atoms with E-state index in [1.54, 1.807) is 0 Å². The van der Waals surface area contributed by atoms with E-state index in [-0.39, 0.29) is 60.4 Å². The topological polar surface area (TPSA) is 113 Å². The molecule has 166 valence electrons. The molecule has 1 aliphatic rings. The van der Waals surface area contributed by atoms with Gasteiger partial charge in [0.05, 0.1) is 16.5 Å². The van der Waals surface area contributed by atoms with Gasteiger partial charge in [0.1, 0.15) is 0 Å². The number of halogens is 4. The zero-order valence-electron chi connectivity index (χ0n) is 15.6. The van der Waals surface area contributed by atoms with Crippen LogP contribution in [0, 0.1) is 0 Å². The molecule has 14 heteroatoms. The zero-order valence-corrected chi connectivity index (χ0v) is 19.5. The van der Waals surface area contributed by atoms with Gasteiger partial charge in [0.2, 0.25) is 5.91 Å². The van der Waals surface area contributed by atoms with Crippen molar-refractivity contribution in [3.05, 3.63) is 16.1 Å². The van der Waals surface area contributed by atoms with Gasteiger partial charge in [-0.25, -0.2) is 13.4 Å². The highest BCUT2D eigenvalue weighted by molar-refractivity contribution is 14.0. The third-order valence-electron chi connectivity index (χ3n) is 3.94. The molecule has 0 aromatic carbocycles. The van der Waals surface area contributed by atoms with Gasteiger partial charge in [-0.15, -0.1) is 35.3 Å². The minimum Gasteiger partial charge on any atom is -0.356 e. The molecule has 1 aromatic heterocycles. The van der Waals surface area contributed by atoms with Crippen molar-refractivity contribution in [2.24, 2.45) is 4.99 Å². The van der Waals surface area contributed by atoms with Crippen LogP contribution < -0.4 is 16.0 Å². The fourth-order valence-electron chi connectivity index (χ4n) is 2.57. The molecule has 1 fully saturated rings. The molecule has 0 bridgehead atoms. The highest BCUT2D eigenvalue weighted by Crippen LogP contribution is 2.29. The lowest BCUT2D eigenvalue weighted by Gasteiger charge is -2.13. The Morgan fingerprint density at radius 1 is 1.34 bits per heavy atom. The maximum atomic E-state index is 12.5. The maximum Gasteiger partial charge on any atom is 0.434 e. The van der Waals surface area contributed by atoms with Crippen molar-refractivity contribution in [1.82, 2.24) is 20.9 Å². The van der Waals surface area contributed by atoms with Gasteiger partial charge in [-0.1, -0.05) is 0 Å². The summed E-state index contributed by atoms with van der Waals surface area (Å²) in [5.41, 5.74) is -0.893. The van der Waals surface area contributed by atoms with E-state index >= 15 is 0 Å². The first-order valence-electron chi connectivity index (χ1n) is 8.55. The van der Waals surface area contributed by atoms with E-state index in [0.717, 1.165) is 16.7 Å². The van der Waals surface area contributed by atoms with Crippen LogP contribution in [-0.4, -0.2) is 63.0 Å². The molecule has 8 nitrogen and oxygen atoms in total. The summed E-state index contributed by atoms with van der Waals surface area (Å²) in [6, 6.07) is -0.338. The van der Waals surface area contributed by atoms with Crippen molar-refractivity contribution in [1.29, 1.82) is 0 Å². The zero-order chi connectivity index (χ0) is 20.8. The molecule has 29 heavy (non-hydrogen) atoms. The number of alkyl halides is 3. The summed E-state index contributed by atoms with van der Waals surface area (Å²) in [4.78, 5) is 19.4. The lowest BCUT2D eigenvalue weighted by Crippen LogP contribution is -2.41. The van der Waals surface area contributed by atoms with Crippen molar-refractivity contribution in [2.45, 2.75) is 31.5 Å². The Labute approximate surface area is 188 Å². The number of thiazole rings is 1. The number of rotatable bonds is 7. The number of nitrogens with zero attached hydrogens (tertiary/aromatic N) is 2. The number of hydrogen-bond donors (Lipinski definition) is 3. The number of carbonyl (C=O) groups is 1. The van der Waals surface area contributed by atoms with Crippen LogP contribution in [0.4, 0.5) is 13.2 Å². The van der Waals surface area contributed by atoms with Gasteiger partial charge in [-0.2, -0.15) is 13.2 Å². The molecule has 1 aromatic rings. The minimum absolute atomic E-state index is 0. The molecule has 0 spiro atoms. The molecular weight excluding hydrogens is 546 g/mol. The number of aromatic nitrogens is 1. The Morgan fingerprint density at radius 2 is 2.03 bits per heavy atom. The van der Waals surface area contributed by atoms with Crippen LogP contribution in [0.5, 0.6) is 0 Å². The first-order chi connectivity index (χ1) is 13.1. The summed E-state index contributed by atoms with van der Waals surface area (Å²) in [6.45, 7) is 0.608. The van der Waals surface area contributed by atoms with Crippen LogP contribution in [0.25, 0.3) is 0 Å². The van der Waals surface area contributed by atoms with Crippen molar-refractivity contribution < 1.29 is 26.4 Å². The SMILES string of the molecule is CN=C(NCCC(=O)NC1CCS(=O)(=O)C1)NCCc1nc(C(F)(F)F)cs1.I. The van der Waals surface area contributed by atoms with Crippen molar-refractivity contribution in [3.8, 4) is 0 Å². The number of carbonyl (C=O) groups excluding carboxylic acids is 1. The quantitative estimate of drug-likeness (QED) is 0.259. The second-order valence-electron chi connectivity index (χ2n) is 6.22. The number of amides is 1. The summed E-state index contributed by atoms with van der Waals surface area (Å²) in [5, 5.41) is 9.89. The lowest BCUT2D eigenvalue weighted by molar-refractivity contribution is -0.140. The first-order valence-corrected chi connectivity index (χ1v) is 11.2. The second-order valence-corrected chi connectivity index (χ2v) is 9.39. The normalized spacial score (nSPS) is 18.8. The fourth-order valence-corrected chi connectivity index (χ4v) is 5.05. The van der Waals surface area contributed by atoms with E-state index in [0.29, 0.717) is 30.4 Å². The number of guanidine groups is 1. The van der Waals surface area contributed by atoms with Gasteiger partial charge in [0, 0.05) is 44.4 Å². The Bertz CT molecular complexity index is 814. The van der Waals surface area contributed by atoms with Gasteiger partial charge in [-0.3, -0.25) is 9.79 Å². The molecule has 0 aliphatic carbocycles. The molecule has 2 heterocycles. The summed E-state index contributed by atoms with van der Waals surface area (Å²) in [6.07, 6.45) is -3.57. The van der Waals surface area contributed by atoms with Crippen molar-refractivity contribution in [3.63, 3.8) is 0 Å². The summed E-state index contributed by atoms with van der Waals surface area (Å²) < 4.78 is 60.3. The molecule has 1 saturated heterocycles. The van der Waals surface area contributed by atoms with E-state index in [4.69, 9.17) is 0 Å². The summed E-state index contributed by atoms with van der Waals surface area (Å²) in [5.74, 6) is 0.217. The van der Waals surface area contributed by atoms with Gasteiger partial charge < -0.3 is 16.0 Å². The van der Waals surface area contributed by atoms with E-state index in [1.807, 2.05) is 0 Å². The summed E-state index contributed by atoms with van der Waals surface area (Å²) >= 11 is 0.945. The number of hydrogen-bond acceptors (Lipinski definition) is 6. The first kappa shape index (κ1) is 25.9. The third kappa shape index (κ3) is 9.02. The van der Waals surface area contributed by atoms with Crippen LogP contribution in [0.2, 0.25) is 0 Å². The molecule has 1 amide bonds. The molecule has 1 atom stereocenters. The number of nitrogens with one attached hydrogen (secondary N) is 3. The Balaban J connectivity index is 0.00000420. The Kier molecular flexibility index (Phi) is 10.1. The monoisotopic (exact) mass is 569 g/mol. The summed E-state index contributed by atoms with van der Waals surface area (Å²) in [7, 11) is -1.51.